The van der Waals surface area contributed by atoms with Crippen LogP contribution in [0.25, 0.3) is 0 Å². The Morgan fingerprint density at radius 3 is 2.90 bits per heavy atom. The zero-order chi connectivity index (χ0) is 21.6. The van der Waals surface area contributed by atoms with Crippen molar-refractivity contribution in [3.8, 4) is 6.07 Å². The van der Waals surface area contributed by atoms with Crippen molar-refractivity contribution in [3.05, 3.63) is 64.7 Å². The van der Waals surface area contributed by atoms with E-state index in [0.29, 0.717) is 45.2 Å². The number of nitriles is 1. The van der Waals surface area contributed by atoms with Gasteiger partial charge in [0.15, 0.2) is 0 Å². The molecule has 0 fully saturated rings. The van der Waals surface area contributed by atoms with Gasteiger partial charge in [0.25, 0.3) is 0 Å². The summed E-state index contributed by atoms with van der Waals surface area (Å²) in [7, 11) is 0. The molecule has 2 unspecified atom stereocenters. The molecule has 0 spiro atoms. The standard InChI is InChI=1S/C23H24N4O3S/c24-14-19-18-10-12-27(22(29)9-6-16-4-1-2-11-25-16)15-20(18)31-23(19)26-21(28)8-7-17-5-3-13-30-17/h1-5,11,13,19,23H,6-10,12,15H2,(H,26,28). The van der Waals surface area contributed by atoms with Crippen molar-refractivity contribution in [3.63, 3.8) is 0 Å². The fourth-order valence-electron chi connectivity index (χ4n) is 3.93. The van der Waals surface area contributed by atoms with E-state index < -0.39 is 0 Å². The first-order chi connectivity index (χ1) is 15.1. The van der Waals surface area contributed by atoms with E-state index in [-0.39, 0.29) is 23.1 Å². The van der Waals surface area contributed by atoms with Gasteiger partial charge in [0.2, 0.25) is 11.8 Å². The molecule has 2 aliphatic heterocycles. The highest BCUT2D eigenvalue weighted by atomic mass is 32.2. The second kappa shape index (κ2) is 9.84. The van der Waals surface area contributed by atoms with Crippen molar-refractivity contribution in [2.24, 2.45) is 5.92 Å². The predicted molar refractivity (Wildman–Crippen MR) is 116 cm³/mol. The molecule has 0 aromatic carbocycles. The Bertz CT molecular complexity index is 998. The Morgan fingerprint density at radius 2 is 2.16 bits per heavy atom. The fraction of sp³-hybridized carbons (Fsp3) is 0.391. The minimum absolute atomic E-state index is 0.0947. The molecule has 0 bridgehead atoms. The summed E-state index contributed by atoms with van der Waals surface area (Å²) in [5, 5.41) is 12.4. The lowest BCUT2D eigenvalue weighted by Crippen LogP contribution is -2.37. The van der Waals surface area contributed by atoms with Crippen LogP contribution in [0, 0.1) is 17.2 Å². The van der Waals surface area contributed by atoms with Gasteiger partial charge < -0.3 is 14.6 Å². The van der Waals surface area contributed by atoms with Gasteiger partial charge in [-0.25, -0.2) is 0 Å². The van der Waals surface area contributed by atoms with Crippen molar-refractivity contribution < 1.29 is 14.0 Å². The monoisotopic (exact) mass is 436 g/mol. The predicted octanol–water partition coefficient (Wildman–Crippen LogP) is 3.06. The third-order valence-electron chi connectivity index (χ3n) is 5.59. The Hall–Kier alpha value is -3.05. The van der Waals surface area contributed by atoms with E-state index >= 15 is 0 Å². The zero-order valence-corrected chi connectivity index (χ0v) is 17.9. The van der Waals surface area contributed by atoms with Gasteiger partial charge in [-0.15, -0.1) is 11.8 Å². The first kappa shape index (κ1) is 21.2. The van der Waals surface area contributed by atoms with Gasteiger partial charge in [0.1, 0.15) is 5.76 Å². The minimum atomic E-state index is -0.349. The molecule has 0 saturated heterocycles. The summed E-state index contributed by atoms with van der Waals surface area (Å²) in [6.07, 6.45) is 5.87. The molecule has 2 aromatic heterocycles. The van der Waals surface area contributed by atoms with Crippen LogP contribution in [0.15, 0.2) is 57.7 Å². The highest BCUT2D eigenvalue weighted by Crippen LogP contribution is 2.44. The highest BCUT2D eigenvalue weighted by molar-refractivity contribution is 8.04. The Morgan fingerprint density at radius 1 is 1.26 bits per heavy atom. The Labute approximate surface area is 185 Å². The van der Waals surface area contributed by atoms with Gasteiger partial charge in [-0.2, -0.15) is 5.26 Å². The largest absolute Gasteiger partial charge is 0.469 e. The summed E-state index contributed by atoms with van der Waals surface area (Å²) in [5.74, 6) is 0.413. The number of hydrogen-bond acceptors (Lipinski definition) is 6. The molecule has 7 nitrogen and oxygen atoms in total. The number of hydrogen-bond donors (Lipinski definition) is 1. The van der Waals surface area contributed by atoms with Crippen molar-refractivity contribution in [2.45, 2.75) is 37.5 Å². The van der Waals surface area contributed by atoms with Crippen molar-refractivity contribution in [1.82, 2.24) is 15.2 Å². The molecule has 8 heteroatoms. The van der Waals surface area contributed by atoms with Crippen LogP contribution in [0.4, 0.5) is 0 Å². The van der Waals surface area contributed by atoms with E-state index in [1.807, 2.05) is 29.2 Å². The molecule has 0 saturated carbocycles. The molecule has 4 heterocycles. The maximum Gasteiger partial charge on any atom is 0.223 e. The third-order valence-corrected chi connectivity index (χ3v) is 6.91. The topological polar surface area (TPSA) is 99.2 Å². The van der Waals surface area contributed by atoms with E-state index in [1.165, 1.54) is 11.8 Å². The lowest BCUT2D eigenvalue weighted by molar-refractivity contribution is -0.130. The summed E-state index contributed by atoms with van der Waals surface area (Å²) < 4.78 is 5.27. The van der Waals surface area contributed by atoms with Crippen LogP contribution in [-0.4, -0.2) is 40.2 Å². The molecule has 0 radical (unpaired) electrons. The van der Waals surface area contributed by atoms with Crippen LogP contribution in [0.1, 0.15) is 30.7 Å². The highest BCUT2D eigenvalue weighted by Gasteiger charge is 2.39. The molecular formula is C23H24N4O3S. The van der Waals surface area contributed by atoms with Crippen molar-refractivity contribution in [2.75, 3.05) is 13.1 Å². The maximum absolute atomic E-state index is 12.7. The first-order valence-electron chi connectivity index (χ1n) is 10.4. The van der Waals surface area contributed by atoms with Crippen molar-refractivity contribution >= 4 is 23.6 Å². The van der Waals surface area contributed by atoms with Crippen molar-refractivity contribution in [1.29, 1.82) is 5.26 Å². The van der Waals surface area contributed by atoms with Gasteiger partial charge in [-0.05, 0) is 42.7 Å². The van der Waals surface area contributed by atoms with E-state index in [4.69, 9.17) is 4.42 Å². The average Bonchev–Trinajstić information content (AvgIpc) is 3.43. The van der Waals surface area contributed by atoms with Crippen LogP contribution in [-0.2, 0) is 22.4 Å². The normalized spacial score (nSPS) is 20.3. The summed E-state index contributed by atoms with van der Waals surface area (Å²) in [4.78, 5) is 32.2. The number of nitrogens with one attached hydrogen (secondary N) is 1. The molecule has 2 aliphatic rings. The number of aromatic nitrogens is 1. The number of thioether (sulfide) groups is 1. The molecule has 2 amide bonds. The summed E-state index contributed by atoms with van der Waals surface area (Å²) in [6, 6.07) is 11.7. The number of pyridine rings is 1. The molecule has 2 aromatic rings. The molecule has 1 N–H and O–H groups in total. The molecule has 4 rings (SSSR count). The lowest BCUT2D eigenvalue weighted by atomic mass is 9.94. The third kappa shape index (κ3) is 5.17. The molecule has 31 heavy (non-hydrogen) atoms. The van der Waals surface area contributed by atoms with E-state index in [2.05, 4.69) is 16.4 Å². The average molecular weight is 437 g/mol. The van der Waals surface area contributed by atoms with Crippen LogP contribution >= 0.6 is 11.8 Å². The number of carbonyl (C=O) groups excluding carboxylic acids is 2. The quantitative estimate of drug-likeness (QED) is 0.716. The first-order valence-corrected chi connectivity index (χ1v) is 11.3. The van der Waals surface area contributed by atoms with Crippen LogP contribution < -0.4 is 5.32 Å². The molecule has 160 valence electrons. The van der Waals surface area contributed by atoms with E-state index in [1.54, 1.807) is 18.5 Å². The maximum atomic E-state index is 12.7. The Balaban J connectivity index is 1.30. The lowest BCUT2D eigenvalue weighted by Gasteiger charge is -2.28. The Kier molecular flexibility index (Phi) is 6.73. The van der Waals surface area contributed by atoms with E-state index in [0.717, 1.165) is 21.9 Å². The summed E-state index contributed by atoms with van der Waals surface area (Å²) >= 11 is 1.51. The van der Waals surface area contributed by atoms with Gasteiger partial charge in [-0.1, -0.05) is 6.07 Å². The zero-order valence-electron chi connectivity index (χ0n) is 17.1. The number of nitrogens with zero attached hydrogens (tertiary/aromatic N) is 3. The molecule has 2 atom stereocenters. The van der Waals surface area contributed by atoms with Crippen LogP contribution in [0.3, 0.4) is 0 Å². The number of furan rings is 1. The number of carbonyl (C=O) groups is 2. The van der Waals surface area contributed by atoms with Crippen LogP contribution in [0.5, 0.6) is 0 Å². The number of aryl methyl sites for hydroxylation is 2. The smallest absolute Gasteiger partial charge is 0.223 e. The number of rotatable bonds is 7. The van der Waals surface area contributed by atoms with Gasteiger partial charge in [0.05, 0.1) is 30.2 Å². The summed E-state index contributed by atoms with van der Waals surface area (Å²) in [6.45, 7) is 1.12. The fourth-order valence-corrected chi connectivity index (χ4v) is 5.40. The SMILES string of the molecule is N#CC1C2=C(CN(C(=O)CCc3ccccn3)CC2)SC1NC(=O)CCc1ccco1. The van der Waals surface area contributed by atoms with Gasteiger partial charge in [-0.3, -0.25) is 14.6 Å². The van der Waals surface area contributed by atoms with E-state index in [9.17, 15) is 14.9 Å². The molecule has 0 aliphatic carbocycles. The number of amides is 2. The second-order valence-corrected chi connectivity index (χ2v) is 8.86. The minimum Gasteiger partial charge on any atom is -0.469 e. The summed E-state index contributed by atoms with van der Waals surface area (Å²) in [5.41, 5.74) is 1.97. The van der Waals surface area contributed by atoms with Gasteiger partial charge in [0, 0.05) is 42.6 Å². The van der Waals surface area contributed by atoms with Crippen LogP contribution in [0.2, 0.25) is 0 Å². The van der Waals surface area contributed by atoms with Gasteiger partial charge >= 0.3 is 0 Å². The molecular weight excluding hydrogens is 412 g/mol. The second-order valence-electron chi connectivity index (χ2n) is 7.63.